The fourth-order valence-corrected chi connectivity index (χ4v) is 2.13. The van der Waals surface area contributed by atoms with Gasteiger partial charge in [-0.25, -0.2) is 4.98 Å². The molecular formula is C14H21BrN2O2. The molecule has 5 heteroatoms. The number of nitrogens with one attached hydrogen (secondary N) is 1. The van der Waals surface area contributed by atoms with E-state index in [1.54, 1.807) is 6.20 Å². The number of nitrogens with zero attached hydrogens (tertiary/aromatic N) is 1. The van der Waals surface area contributed by atoms with Crippen molar-refractivity contribution in [2.45, 2.75) is 45.4 Å². The zero-order valence-electron chi connectivity index (χ0n) is 11.5. The molecule has 0 saturated heterocycles. The van der Waals surface area contributed by atoms with Gasteiger partial charge in [-0.05, 0) is 48.7 Å². The van der Waals surface area contributed by atoms with E-state index in [-0.39, 0.29) is 6.10 Å². The van der Waals surface area contributed by atoms with Crippen LogP contribution in [0.25, 0.3) is 0 Å². The molecule has 1 aromatic heterocycles. The van der Waals surface area contributed by atoms with Crippen LogP contribution in [0.4, 0.5) is 0 Å². The van der Waals surface area contributed by atoms with Crippen LogP contribution in [0.15, 0.2) is 16.7 Å². The number of halogens is 1. The third kappa shape index (κ3) is 5.09. The van der Waals surface area contributed by atoms with Crippen molar-refractivity contribution in [1.29, 1.82) is 0 Å². The summed E-state index contributed by atoms with van der Waals surface area (Å²) >= 11 is 3.46. The van der Waals surface area contributed by atoms with E-state index in [1.807, 2.05) is 13.8 Å². The zero-order chi connectivity index (χ0) is 13.7. The van der Waals surface area contributed by atoms with Crippen LogP contribution in [-0.4, -0.2) is 30.3 Å². The summed E-state index contributed by atoms with van der Waals surface area (Å²) in [5.74, 6) is 0.698. The zero-order valence-corrected chi connectivity index (χ0v) is 13.1. The Bertz CT molecular complexity index is 410. The highest BCUT2D eigenvalue weighted by atomic mass is 79.9. The molecule has 19 heavy (non-hydrogen) atoms. The van der Waals surface area contributed by atoms with Gasteiger partial charge in [0.15, 0.2) is 0 Å². The van der Waals surface area contributed by atoms with Crippen LogP contribution in [0.5, 0.6) is 5.88 Å². The van der Waals surface area contributed by atoms with Crippen molar-refractivity contribution in [2.75, 3.05) is 13.2 Å². The Morgan fingerprint density at radius 1 is 1.53 bits per heavy atom. The highest BCUT2D eigenvalue weighted by Gasteiger charge is 2.21. The van der Waals surface area contributed by atoms with Crippen molar-refractivity contribution < 1.29 is 9.47 Å². The smallest absolute Gasteiger partial charge is 0.218 e. The lowest BCUT2D eigenvalue weighted by atomic mass is 10.2. The van der Waals surface area contributed by atoms with Crippen LogP contribution in [0.3, 0.4) is 0 Å². The van der Waals surface area contributed by atoms with Crippen molar-refractivity contribution in [3.63, 3.8) is 0 Å². The fraction of sp³-hybridized carbons (Fsp3) is 0.643. The Morgan fingerprint density at radius 3 is 3.00 bits per heavy atom. The number of hydrogen-bond donors (Lipinski definition) is 1. The maximum atomic E-state index is 5.86. The van der Waals surface area contributed by atoms with Gasteiger partial charge < -0.3 is 14.8 Å². The molecule has 1 atom stereocenters. The minimum Gasteiger partial charge on any atom is -0.472 e. The van der Waals surface area contributed by atoms with Crippen molar-refractivity contribution in [1.82, 2.24) is 10.3 Å². The maximum absolute atomic E-state index is 5.86. The molecule has 2 rings (SSSR count). The average Bonchev–Trinajstić information content (AvgIpc) is 3.20. The first kappa shape index (κ1) is 14.8. The maximum Gasteiger partial charge on any atom is 0.218 e. The minimum absolute atomic E-state index is 0.00769. The van der Waals surface area contributed by atoms with E-state index in [0.29, 0.717) is 25.1 Å². The highest BCUT2D eigenvalue weighted by molar-refractivity contribution is 9.10. The van der Waals surface area contributed by atoms with Gasteiger partial charge in [-0.2, -0.15) is 0 Å². The molecule has 0 aliphatic heterocycles. The lowest BCUT2D eigenvalue weighted by molar-refractivity contribution is 0.0627. The second-order valence-corrected chi connectivity index (χ2v) is 5.78. The van der Waals surface area contributed by atoms with Crippen LogP contribution < -0.4 is 10.1 Å². The van der Waals surface area contributed by atoms with Gasteiger partial charge in [-0.3, -0.25) is 0 Å². The first-order valence-corrected chi connectivity index (χ1v) is 7.60. The normalized spacial score (nSPS) is 16.4. The summed E-state index contributed by atoms with van der Waals surface area (Å²) in [5, 5.41) is 3.48. The topological polar surface area (TPSA) is 43.4 Å². The molecule has 0 bridgehead atoms. The predicted octanol–water partition coefficient (Wildman–Crippen LogP) is 2.90. The van der Waals surface area contributed by atoms with Crippen LogP contribution >= 0.6 is 15.9 Å². The van der Waals surface area contributed by atoms with Gasteiger partial charge in [0, 0.05) is 35.4 Å². The quantitative estimate of drug-likeness (QED) is 0.796. The molecule has 106 valence electrons. The van der Waals surface area contributed by atoms with Gasteiger partial charge in [-0.1, -0.05) is 0 Å². The molecule has 0 radical (unpaired) electrons. The Labute approximate surface area is 123 Å². The largest absolute Gasteiger partial charge is 0.472 e. The summed E-state index contributed by atoms with van der Waals surface area (Å²) in [5.41, 5.74) is 1.09. The molecule has 0 amide bonds. The van der Waals surface area contributed by atoms with E-state index in [2.05, 4.69) is 32.3 Å². The minimum atomic E-state index is 0.00769. The molecule has 1 heterocycles. The first-order chi connectivity index (χ1) is 9.19. The van der Waals surface area contributed by atoms with E-state index in [9.17, 15) is 0 Å². The fourth-order valence-electron chi connectivity index (χ4n) is 1.75. The SMILES string of the molecule is CCOCC(C)Oc1ncc(Br)cc1CNC1CC1. The second-order valence-electron chi connectivity index (χ2n) is 4.86. The van der Waals surface area contributed by atoms with E-state index < -0.39 is 0 Å². The molecular weight excluding hydrogens is 308 g/mol. The van der Waals surface area contributed by atoms with Crippen LogP contribution in [0.2, 0.25) is 0 Å². The first-order valence-electron chi connectivity index (χ1n) is 6.81. The van der Waals surface area contributed by atoms with Gasteiger partial charge >= 0.3 is 0 Å². The number of pyridine rings is 1. The highest BCUT2D eigenvalue weighted by Crippen LogP contribution is 2.24. The molecule has 0 spiro atoms. The van der Waals surface area contributed by atoms with Crippen molar-refractivity contribution in [3.8, 4) is 5.88 Å². The summed E-state index contributed by atoms with van der Waals surface area (Å²) in [6.07, 6.45) is 4.33. The number of ether oxygens (including phenoxy) is 2. The van der Waals surface area contributed by atoms with Gasteiger partial charge in [0.2, 0.25) is 5.88 Å². The van der Waals surface area contributed by atoms with Crippen LogP contribution in [-0.2, 0) is 11.3 Å². The summed E-state index contributed by atoms with van der Waals surface area (Å²) in [4.78, 5) is 4.36. The Balaban J connectivity index is 1.96. The summed E-state index contributed by atoms with van der Waals surface area (Å²) in [6, 6.07) is 2.73. The van der Waals surface area contributed by atoms with Crippen molar-refractivity contribution in [2.24, 2.45) is 0 Å². The molecule has 1 fully saturated rings. The van der Waals surface area contributed by atoms with Crippen LogP contribution in [0, 0.1) is 0 Å². The Morgan fingerprint density at radius 2 is 2.32 bits per heavy atom. The van der Waals surface area contributed by atoms with E-state index in [1.165, 1.54) is 12.8 Å². The monoisotopic (exact) mass is 328 g/mol. The molecule has 1 aliphatic carbocycles. The standard InChI is InChI=1S/C14H21BrN2O2/c1-3-18-9-10(2)19-14-11(6-12(15)8-17-14)7-16-13-4-5-13/h6,8,10,13,16H,3-5,7,9H2,1-2H3. The molecule has 1 saturated carbocycles. The van der Waals surface area contributed by atoms with E-state index in [0.717, 1.165) is 16.6 Å². The van der Waals surface area contributed by atoms with Crippen molar-refractivity contribution >= 4 is 15.9 Å². The predicted molar refractivity (Wildman–Crippen MR) is 78.4 cm³/mol. The van der Waals surface area contributed by atoms with Crippen LogP contribution in [0.1, 0.15) is 32.3 Å². The second kappa shape index (κ2) is 7.22. The third-order valence-corrected chi connectivity index (χ3v) is 3.35. The molecule has 0 aromatic carbocycles. The number of aromatic nitrogens is 1. The average molecular weight is 329 g/mol. The molecule has 1 aliphatic rings. The molecule has 1 aromatic rings. The van der Waals surface area contributed by atoms with E-state index >= 15 is 0 Å². The molecule has 1 N–H and O–H groups in total. The van der Waals surface area contributed by atoms with Gasteiger partial charge in [0.1, 0.15) is 6.10 Å². The van der Waals surface area contributed by atoms with Gasteiger partial charge in [0.25, 0.3) is 0 Å². The summed E-state index contributed by atoms with van der Waals surface area (Å²) < 4.78 is 12.2. The number of hydrogen-bond acceptors (Lipinski definition) is 4. The van der Waals surface area contributed by atoms with Gasteiger partial charge in [-0.15, -0.1) is 0 Å². The molecule has 4 nitrogen and oxygen atoms in total. The Kier molecular flexibility index (Phi) is 5.60. The van der Waals surface area contributed by atoms with Gasteiger partial charge in [0.05, 0.1) is 6.61 Å². The van der Waals surface area contributed by atoms with Crippen molar-refractivity contribution in [3.05, 3.63) is 22.3 Å². The lowest BCUT2D eigenvalue weighted by Gasteiger charge is -2.16. The summed E-state index contributed by atoms with van der Waals surface area (Å²) in [6.45, 7) is 6.07. The summed E-state index contributed by atoms with van der Waals surface area (Å²) in [7, 11) is 0. The number of rotatable bonds is 8. The lowest BCUT2D eigenvalue weighted by Crippen LogP contribution is -2.22. The van der Waals surface area contributed by atoms with E-state index in [4.69, 9.17) is 9.47 Å². The molecule has 1 unspecified atom stereocenters. The third-order valence-electron chi connectivity index (χ3n) is 2.92. The Hall–Kier alpha value is -0.650.